The normalized spacial score (nSPS) is 22.6. The van der Waals surface area contributed by atoms with Crippen molar-refractivity contribution in [3.8, 4) is 0 Å². The molecule has 0 amide bonds. The Hall–Kier alpha value is -0.170. The molecule has 0 bridgehead atoms. The Kier molecular flexibility index (Phi) is 6.55. The second-order valence-electron chi connectivity index (χ2n) is 5.00. The molecule has 1 heterocycles. The van der Waals surface area contributed by atoms with Gasteiger partial charge in [0, 0.05) is 25.7 Å². The lowest BCUT2D eigenvalue weighted by Crippen LogP contribution is -2.50. The number of hydrogen-bond acceptors (Lipinski definition) is 3. The van der Waals surface area contributed by atoms with E-state index in [1.807, 2.05) is 13.8 Å². The molecule has 1 unspecified atom stereocenters. The first-order valence-corrected chi connectivity index (χ1v) is 8.40. The summed E-state index contributed by atoms with van der Waals surface area (Å²) < 4.78 is 28.5. The van der Waals surface area contributed by atoms with Gasteiger partial charge in [0.05, 0.1) is 0 Å². The van der Waals surface area contributed by atoms with Gasteiger partial charge in [0.25, 0.3) is 10.2 Å². The standard InChI is InChI=1S/C12H27N3O2S/c1-3-9-14(10-6-8-13)18(16,17)15-11-5-4-7-12(15)2/h12H,3-11,13H2,1-2H3. The van der Waals surface area contributed by atoms with Crippen molar-refractivity contribution in [1.29, 1.82) is 0 Å². The van der Waals surface area contributed by atoms with E-state index in [9.17, 15) is 8.42 Å². The van der Waals surface area contributed by atoms with Crippen LogP contribution in [0.25, 0.3) is 0 Å². The van der Waals surface area contributed by atoms with Gasteiger partial charge in [-0.25, -0.2) is 0 Å². The molecule has 1 aliphatic heterocycles. The van der Waals surface area contributed by atoms with Gasteiger partial charge in [-0.3, -0.25) is 0 Å². The number of piperidine rings is 1. The van der Waals surface area contributed by atoms with Crippen molar-refractivity contribution >= 4 is 10.2 Å². The number of nitrogens with zero attached hydrogens (tertiary/aromatic N) is 2. The summed E-state index contributed by atoms with van der Waals surface area (Å²) in [5.41, 5.74) is 5.49. The maximum absolute atomic E-state index is 12.6. The van der Waals surface area contributed by atoms with E-state index >= 15 is 0 Å². The van der Waals surface area contributed by atoms with Crippen LogP contribution in [0.1, 0.15) is 46.0 Å². The Bertz CT molecular complexity index is 332. The molecule has 6 heteroatoms. The molecule has 18 heavy (non-hydrogen) atoms. The zero-order chi connectivity index (χ0) is 13.6. The first-order chi connectivity index (χ1) is 8.54. The molecular formula is C12H27N3O2S. The van der Waals surface area contributed by atoms with E-state index in [0.717, 1.165) is 32.1 Å². The highest BCUT2D eigenvalue weighted by Gasteiger charge is 2.33. The Morgan fingerprint density at radius 2 is 2.06 bits per heavy atom. The molecule has 0 spiro atoms. The molecule has 1 fully saturated rings. The third kappa shape index (κ3) is 3.91. The van der Waals surface area contributed by atoms with Crippen molar-refractivity contribution in [2.45, 2.75) is 52.0 Å². The first kappa shape index (κ1) is 15.9. The van der Waals surface area contributed by atoms with E-state index in [1.165, 1.54) is 0 Å². The highest BCUT2D eigenvalue weighted by molar-refractivity contribution is 7.86. The SMILES string of the molecule is CCCN(CCCN)S(=O)(=O)N1CCCCC1C. The predicted octanol–water partition coefficient (Wildman–Crippen LogP) is 1.17. The summed E-state index contributed by atoms with van der Waals surface area (Å²) >= 11 is 0. The van der Waals surface area contributed by atoms with Gasteiger partial charge in [0.1, 0.15) is 0 Å². The summed E-state index contributed by atoms with van der Waals surface area (Å²) in [6, 6.07) is 0.126. The van der Waals surface area contributed by atoms with Crippen LogP contribution in [0.15, 0.2) is 0 Å². The summed E-state index contributed by atoms with van der Waals surface area (Å²) in [4.78, 5) is 0. The molecule has 0 aliphatic carbocycles. The van der Waals surface area contributed by atoms with E-state index in [4.69, 9.17) is 5.73 Å². The molecule has 108 valence electrons. The Labute approximate surface area is 112 Å². The van der Waals surface area contributed by atoms with Crippen LogP contribution >= 0.6 is 0 Å². The lowest BCUT2D eigenvalue weighted by Gasteiger charge is -2.36. The summed E-state index contributed by atoms with van der Waals surface area (Å²) in [5, 5.41) is 0. The van der Waals surface area contributed by atoms with Crippen molar-refractivity contribution in [3.05, 3.63) is 0 Å². The van der Waals surface area contributed by atoms with Crippen LogP contribution in [0, 0.1) is 0 Å². The Balaban J connectivity index is 2.78. The van der Waals surface area contributed by atoms with Gasteiger partial charge in [-0.1, -0.05) is 13.3 Å². The minimum absolute atomic E-state index is 0.126. The lowest BCUT2D eigenvalue weighted by molar-refractivity contribution is 0.243. The summed E-state index contributed by atoms with van der Waals surface area (Å²) in [6.45, 7) is 6.33. The molecule has 5 nitrogen and oxygen atoms in total. The summed E-state index contributed by atoms with van der Waals surface area (Å²) in [7, 11) is -3.30. The number of nitrogens with two attached hydrogens (primary N) is 1. The third-order valence-corrected chi connectivity index (χ3v) is 5.60. The lowest BCUT2D eigenvalue weighted by atomic mass is 10.1. The van der Waals surface area contributed by atoms with Crippen molar-refractivity contribution in [3.63, 3.8) is 0 Å². The van der Waals surface area contributed by atoms with Gasteiger partial charge in [-0.15, -0.1) is 0 Å². The fourth-order valence-corrected chi connectivity index (χ4v) is 4.41. The molecule has 0 aromatic carbocycles. The Morgan fingerprint density at radius 1 is 1.33 bits per heavy atom. The van der Waals surface area contributed by atoms with Gasteiger partial charge in [-0.05, 0) is 39.2 Å². The monoisotopic (exact) mass is 277 g/mol. The van der Waals surface area contributed by atoms with Crippen LogP contribution in [0.5, 0.6) is 0 Å². The topological polar surface area (TPSA) is 66.6 Å². The molecule has 1 aliphatic rings. The molecule has 0 saturated carbocycles. The average molecular weight is 277 g/mol. The van der Waals surface area contributed by atoms with E-state index in [-0.39, 0.29) is 6.04 Å². The van der Waals surface area contributed by atoms with Crippen LogP contribution in [0.3, 0.4) is 0 Å². The predicted molar refractivity (Wildman–Crippen MR) is 74.5 cm³/mol. The quantitative estimate of drug-likeness (QED) is 0.759. The summed E-state index contributed by atoms with van der Waals surface area (Å²) in [6.07, 6.45) is 4.63. The average Bonchev–Trinajstić information content (AvgIpc) is 2.34. The number of rotatable bonds is 7. The van der Waals surface area contributed by atoms with Gasteiger partial charge in [0.15, 0.2) is 0 Å². The van der Waals surface area contributed by atoms with Gasteiger partial charge in [-0.2, -0.15) is 17.0 Å². The molecule has 1 rings (SSSR count). The zero-order valence-electron chi connectivity index (χ0n) is 11.6. The second-order valence-corrected chi connectivity index (χ2v) is 6.89. The van der Waals surface area contributed by atoms with Crippen molar-refractivity contribution in [2.75, 3.05) is 26.2 Å². The maximum atomic E-state index is 12.6. The molecular weight excluding hydrogens is 250 g/mol. The maximum Gasteiger partial charge on any atom is 0.282 e. The first-order valence-electron chi connectivity index (χ1n) is 7.01. The van der Waals surface area contributed by atoms with E-state index in [0.29, 0.717) is 26.2 Å². The van der Waals surface area contributed by atoms with E-state index in [2.05, 4.69) is 0 Å². The third-order valence-electron chi connectivity index (χ3n) is 3.45. The minimum atomic E-state index is -3.30. The summed E-state index contributed by atoms with van der Waals surface area (Å²) in [5.74, 6) is 0. The minimum Gasteiger partial charge on any atom is -0.330 e. The van der Waals surface area contributed by atoms with Crippen molar-refractivity contribution in [2.24, 2.45) is 5.73 Å². The van der Waals surface area contributed by atoms with Crippen LogP contribution in [-0.4, -0.2) is 49.2 Å². The smallest absolute Gasteiger partial charge is 0.282 e. The largest absolute Gasteiger partial charge is 0.330 e. The fraction of sp³-hybridized carbons (Fsp3) is 1.00. The number of hydrogen-bond donors (Lipinski definition) is 1. The highest BCUT2D eigenvalue weighted by atomic mass is 32.2. The van der Waals surface area contributed by atoms with Crippen LogP contribution in [0.4, 0.5) is 0 Å². The van der Waals surface area contributed by atoms with E-state index in [1.54, 1.807) is 8.61 Å². The second kappa shape index (κ2) is 7.43. The fourth-order valence-electron chi connectivity index (χ4n) is 2.42. The molecule has 1 atom stereocenters. The highest BCUT2D eigenvalue weighted by Crippen LogP contribution is 2.22. The van der Waals surface area contributed by atoms with E-state index < -0.39 is 10.2 Å². The van der Waals surface area contributed by atoms with Crippen molar-refractivity contribution in [1.82, 2.24) is 8.61 Å². The van der Waals surface area contributed by atoms with Gasteiger partial charge < -0.3 is 5.73 Å². The molecule has 2 N–H and O–H groups in total. The van der Waals surface area contributed by atoms with Gasteiger partial charge >= 0.3 is 0 Å². The van der Waals surface area contributed by atoms with Crippen LogP contribution in [-0.2, 0) is 10.2 Å². The molecule has 1 saturated heterocycles. The van der Waals surface area contributed by atoms with Crippen molar-refractivity contribution < 1.29 is 8.42 Å². The Morgan fingerprint density at radius 3 is 2.61 bits per heavy atom. The molecule has 0 aromatic heterocycles. The molecule has 0 radical (unpaired) electrons. The van der Waals surface area contributed by atoms with Crippen LogP contribution < -0.4 is 5.73 Å². The van der Waals surface area contributed by atoms with Crippen LogP contribution in [0.2, 0.25) is 0 Å². The zero-order valence-corrected chi connectivity index (χ0v) is 12.5. The van der Waals surface area contributed by atoms with Gasteiger partial charge in [0.2, 0.25) is 0 Å². The molecule has 0 aromatic rings.